The summed E-state index contributed by atoms with van der Waals surface area (Å²) in [5, 5.41) is 3.01. The lowest BCUT2D eigenvalue weighted by atomic mass is 9.85. The number of amides is 4. The molecule has 3 saturated heterocycles. The molecule has 0 saturated carbocycles. The average Bonchev–Trinajstić information content (AvgIpc) is 3.20. The highest BCUT2D eigenvalue weighted by atomic mass is 16.2. The topological polar surface area (TPSA) is 76.2 Å². The Kier molecular flexibility index (Phi) is 7.58. The van der Waals surface area contributed by atoms with Crippen LogP contribution in [-0.4, -0.2) is 77.5 Å². The van der Waals surface area contributed by atoms with Gasteiger partial charge in [0.05, 0.1) is 6.67 Å². The summed E-state index contributed by atoms with van der Waals surface area (Å²) in [6, 6.07) is 17.8. The number of carbonyl (C=O) groups is 3. The number of benzene rings is 2. The van der Waals surface area contributed by atoms with Gasteiger partial charge in [0.25, 0.3) is 5.91 Å². The SMILES string of the molecule is CC(C)c1ccc(NC(=O)N2CCC3(CC2)C(=O)N(CC(=O)N2CCCCC2)CN3c2ccccc2)cc1. The first kappa shape index (κ1) is 26.1. The number of hydrogen-bond donors (Lipinski definition) is 1. The molecule has 8 nitrogen and oxygen atoms in total. The molecule has 3 aliphatic heterocycles. The summed E-state index contributed by atoms with van der Waals surface area (Å²) < 4.78 is 0. The van der Waals surface area contributed by atoms with E-state index < -0.39 is 5.54 Å². The Bertz CT molecular complexity index is 1140. The van der Waals surface area contributed by atoms with Gasteiger partial charge in [-0.15, -0.1) is 0 Å². The number of nitrogens with one attached hydrogen (secondary N) is 1. The quantitative estimate of drug-likeness (QED) is 0.634. The second-order valence-corrected chi connectivity index (χ2v) is 11.1. The van der Waals surface area contributed by atoms with Gasteiger partial charge < -0.3 is 24.9 Å². The summed E-state index contributed by atoms with van der Waals surface area (Å²) in [5.41, 5.74) is 2.22. The van der Waals surface area contributed by atoms with E-state index >= 15 is 0 Å². The number of para-hydroxylation sites is 1. The first-order valence-corrected chi connectivity index (χ1v) is 13.9. The van der Waals surface area contributed by atoms with Gasteiger partial charge >= 0.3 is 6.03 Å². The minimum absolute atomic E-state index is 0.00366. The van der Waals surface area contributed by atoms with E-state index in [1.165, 1.54) is 5.56 Å². The molecule has 38 heavy (non-hydrogen) atoms. The van der Waals surface area contributed by atoms with Crippen molar-refractivity contribution >= 4 is 29.2 Å². The molecule has 3 fully saturated rings. The fourth-order valence-corrected chi connectivity index (χ4v) is 5.96. The van der Waals surface area contributed by atoms with Crippen LogP contribution in [0, 0.1) is 0 Å². The Morgan fingerprint density at radius 3 is 2.16 bits per heavy atom. The van der Waals surface area contributed by atoms with E-state index in [9.17, 15) is 14.4 Å². The standard InChI is InChI=1S/C30H39N5O3/c1-23(2)24-11-13-25(14-12-24)31-29(38)33-19-15-30(16-20-33)28(37)34(21-27(36)32-17-7-4-8-18-32)22-35(30)26-9-5-3-6-10-26/h3,5-6,9-14,23H,4,7-8,15-22H2,1-2H3,(H,31,38). The maximum atomic E-state index is 13.9. The predicted octanol–water partition coefficient (Wildman–Crippen LogP) is 4.50. The van der Waals surface area contributed by atoms with Gasteiger partial charge in [-0.05, 0) is 67.9 Å². The molecule has 4 amide bonds. The minimum Gasteiger partial charge on any atom is -0.341 e. The van der Waals surface area contributed by atoms with Crippen molar-refractivity contribution < 1.29 is 14.4 Å². The van der Waals surface area contributed by atoms with Gasteiger partial charge in [-0.3, -0.25) is 9.59 Å². The van der Waals surface area contributed by atoms with E-state index in [1.54, 1.807) is 9.80 Å². The lowest BCUT2D eigenvalue weighted by molar-refractivity contribution is -0.141. The first-order valence-electron chi connectivity index (χ1n) is 13.9. The van der Waals surface area contributed by atoms with Crippen molar-refractivity contribution in [2.45, 2.75) is 57.4 Å². The van der Waals surface area contributed by atoms with Gasteiger partial charge in [-0.25, -0.2) is 4.79 Å². The van der Waals surface area contributed by atoms with Crippen molar-refractivity contribution in [1.82, 2.24) is 14.7 Å². The van der Waals surface area contributed by atoms with Crippen molar-refractivity contribution in [1.29, 1.82) is 0 Å². The summed E-state index contributed by atoms with van der Waals surface area (Å²) in [4.78, 5) is 47.6. The van der Waals surface area contributed by atoms with Crippen LogP contribution >= 0.6 is 0 Å². The zero-order chi connectivity index (χ0) is 26.7. The first-order chi connectivity index (χ1) is 18.4. The monoisotopic (exact) mass is 517 g/mol. The van der Waals surface area contributed by atoms with Crippen LogP contribution in [0.25, 0.3) is 0 Å². The number of likely N-dealkylation sites (tertiary alicyclic amines) is 2. The number of hydrogen-bond acceptors (Lipinski definition) is 4. The molecule has 0 atom stereocenters. The maximum absolute atomic E-state index is 13.9. The second-order valence-electron chi connectivity index (χ2n) is 11.1. The zero-order valence-electron chi connectivity index (χ0n) is 22.6. The number of rotatable bonds is 5. The van der Waals surface area contributed by atoms with Gasteiger partial charge in [0.15, 0.2) is 0 Å². The zero-order valence-corrected chi connectivity index (χ0v) is 22.6. The molecule has 0 bridgehead atoms. The van der Waals surface area contributed by atoms with Crippen LogP contribution in [0.4, 0.5) is 16.2 Å². The molecule has 3 heterocycles. The van der Waals surface area contributed by atoms with E-state index in [4.69, 9.17) is 0 Å². The highest BCUT2D eigenvalue weighted by Gasteiger charge is 2.54. The summed E-state index contributed by atoms with van der Waals surface area (Å²) in [5.74, 6) is 0.462. The second kappa shape index (κ2) is 11.1. The Hall–Kier alpha value is -3.55. The summed E-state index contributed by atoms with van der Waals surface area (Å²) >= 11 is 0. The molecule has 1 N–H and O–H groups in total. The fourth-order valence-electron chi connectivity index (χ4n) is 5.96. The fraction of sp³-hybridized carbons (Fsp3) is 0.500. The molecule has 1 spiro atoms. The van der Waals surface area contributed by atoms with Gasteiger partial charge in [0.2, 0.25) is 5.91 Å². The average molecular weight is 518 g/mol. The maximum Gasteiger partial charge on any atom is 0.321 e. The highest BCUT2D eigenvalue weighted by molar-refractivity contribution is 5.97. The Morgan fingerprint density at radius 1 is 0.868 bits per heavy atom. The van der Waals surface area contributed by atoms with Crippen LogP contribution in [-0.2, 0) is 9.59 Å². The molecule has 0 aromatic heterocycles. The molecule has 3 aliphatic rings. The molecule has 0 unspecified atom stereocenters. The molecule has 2 aromatic carbocycles. The number of anilines is 2. The molecule has 5 rings (SSSR count). The van der Waals surface area contributed by atoms with E-state index in [0.29, 0.717) is 38.5 Å². The van der Waals surface area contributed by atoms with E-state index in [2.05, 4.69) is 24.1 Å². The molecule has 0 aliphatic carbocycles. The minimum atomic E-state index is -0.751. The van der Waals surface area contributed by atoms with Crippen LogP contribution in [0.15, 0.2) is 54.6 Å². The van der Waals surface area contributed by atoms with Crippen LogP contribution in [0.2, 0.25) is 0 Å². The Morgan fingerprint density at radius 2 is 1.53 bits per heavy atom. The third-order valence-electron chi connectivity index (χ3n) is 8.32. The van der Waals surface area contributed by atoms with Gasteiger partial charge in [0, 0.05) is 37.6 Å². The molecule has 2 aromatic rings. The summed E-state index contributed by atoms with van der Waals surface area (Å²) in [6.45, 7) is 7.28. The number of carbonyl (C=O) groups excluding carboxylic acids is 3. The number of urea groups is 1. The number of nitrogens with zero attached hydrogens (tertiary/aromatic N) is 4. The van der Waals surface area contributed by atoms with Crippen molar-refractivity contribution in [2.24, 2.45) is 0 Å². The lowest BCUT2D eigenvalue weighted by Gasteiger charge is -2.43. The van der Waals surface area contributed by atoms with Gasteiger partial charge in [-0.2, -0.15) is 0 Å². The van der Waals surface area contributed by atoms with Crippen LogP contribution in [0.5, 0.6) is 0 Å². The predicted molar refractivity (Wildman–Crippen MR) is 149 cm³/mol. The van der Waals surface area contributed by atoms with Crippen LogP contribution in [0.3, 0.4) is 0 Å². The van der Waals surface area contributed by atoms with Crippen molar-refractivity contribution in [3.8, 4) is 0 Å². The van der Waals surface area contributed by atoms with Crippen LogP contribution < -0.4 is 10.2 Å². The normalized spacial score (nSPS) is 19.4. The van der Waals surface area contributed by atoms with Crippen molar-refractivity contribution in [2.75, 3.05) is 49.6 Å². The van der Waals surface area contributed by atoms with E-state index in [0.717, 1.165) is 43.7 Å². The Balaban J connectivity index is 1.28. The molecule has 202 valence electrons. The molecular weight excluding hydrogens is 478 g/mol. The van der Waals surface area contributed by atoms with E-state index in [-0.39, 0.29) is 24.4 Å². The highest BCUT2D eigenvalue weighted by Crippen LogP contribution is 2.39. The van der Waals surface area contributed by atoms with E-state index in [1.807, 2.05) is 59.5 Å². The smallest absolute Gasteiger partial charge is 0.321 e. The third kappa shape index (κ3) is 5.22. The summed E-state index contributed by atoms with van der Waals surface area (Å²) in [7, 11) is 0. The van der Waals surface area contributed by atoms with Crippen LogP contribution in [0.1, 0.15) is 57.4 Å². The molecule has 8 heteroatoms. The molecular formula is C30H39N5O3. The molecule has 0 radical (unpaired) electrons. The summed E-state index contributed by atoms with van der Waals surface area (Å²) in [6.07, 6.45) is 4.26. The van der Waals surface area contributed by atoms with Gasteiger partial charge in [-0.1, -0.05) is 44.2 Å². The Labute approximate surface area is 225 Å². The lowest BCUT2D eigenvalue weighted by Crippen LogP contribution is -2.58. The largest absolute Gasteiger partial charge is 0.341 e. The van der Waals surface area contributed by atoms with Crippen molar-refractivity contribution in [3.05, 3.63) is 60.2 Å². The third-order valence-corrected chi connectivity index (χ3v) is 8.32. The number of piperidine rings is 2. The van der Waals surface area contributed by atoms with Crippen molar-refractivity contribution in [3.63, 3.8) is 0 Å². The van der Waals surface area contributed by atoms with Gasteiger partial charge in [0.1, 0.15) is 12.1 Å².